The Morgan fingerprint density at radius 1 is 0.838 bits per heavy atom. The lowest BCUT2D eigenvalue weighted by Crippen LogP contribution is -2.24. The van der Waals surface area contributed by atoms with Crippen LogP contribution in [0, 0.1) is 6.92 Å². The molecule has 4 aromatic rings. The third kappa shape index (κ3) is 7.05. The van der Waals surface area contributed by atoms with E-state index in [2.05, 4.69) is 10.5 Å². The molecule has 0 atom stereocenters. The molecule has 0 aliphatic heterocycles. The highest BCUT2D eigenvalue weighted by Crippen LogP contribution is 2.28. The van der Waals surface area contributed by atoms with Gasteiger partial charge in [-0.3, -0.25) is 4.79 Å². The van der Waals surface area contributed by atoms with Crippen molar-refractivity contribution < 1.29 is 23.8 Å². The van der Waals surface area contributed by atoms with E-state index in [0.717, 1.165) is 16.7 Å². The van der Waals surface area contributed by atoms with Gasteiger partial charge in [-0.25, -0.2) is 10.2 Å². The fourth-order valence-electron chi connectivity index (χ4n) is 3.43. The predicted octanol–water partition coefficient (Wildman–Crippen LogP) is 5.42. The standard InChI is InChI=1S/C30H26N2O5/c1-21-8-11-25(12-9-21)30(34)37-27-17-10-22(18-28(27)35-2)19-31-32-29(33)20-36-26-15-13-24(14-16-26)23-6-4-3-5-7-23/h3-19H,20H2,1-2H3,(H,32,33)/b31-19-. The van der Waals surface area contributed by atoms with Crippen molar-refractivity contribution in [3.8, 4) is 28.4 Å². The molecular formula is C30H26N2O5. The number of hydrazone groups is 1. The zero-order valence-corrected chi connectivity index (χ0v) is 20.5. The summed E-state index contributed by atoms with van der Waals surface area (Å²) in [6.07, 6.45) is 1.46. The summed E-state index contributed by atoms with van der Waals surface area (Å²) in [5, 5.41) is 3.96. The van der Waals surface area contributed by atoms with E-state index in [9.17, 15) is 9.59 Å². The minimum absolute atomic E-state index is 0.181. The van der Waals surface area contributed by atoms with E-state index in [-0.39, 0.29) is 12.4 Å². The number of carbonyl (C=O) groups excluding carboxylic acids is 2. The van der Waals surface area contributed by atoms with Gasteiger partial charge >= 0.3 is 5.97 Å². The van der Waals surface area contributed by atoms with Crippen LogP contribution in [0.15, 0.2) is 102 Å². The van der Waals surface area contributed by atoms with E-state index in [0.29, 0.717) is 22.6 Å². The first-order valence-electron chi connectivity index (χ1n) is 11.6. The van der Waals surface area contributed by atoms with Gasteiger partial charge in [0.15, 0.2) is 18.1 Å². The molecule has 0 aliphatic rings. The van der Waals surface area contributed by atoms with Crippen LogP contribution in [0.2, 0.25) is 0 Å². The summed E-state index contributed by atoms with van der Waals surface area (Å²) in [6, 6.07) is 29.6. The smallest absolute Gasteiger partial charge is 0.343 e. The first kappa shape index (κ1) is 25.2. The van der Waals surface area contributed by atoms with Gasteiger partial charge in [0, 0.05) is 0 Å². The normalized spacial score (nSPS) is 10.6. The molecule has 0 unspecified atom stereocenters. The lowest BCUT2D eigenvalue weighted by Gasteiger charge is -2.10. The van der Waals surface area contributed by atoms with Gasteiger partial charge in [-0.2, -0.15) is 5.10 Å². The predicted molar refractivity (Wildman–Crippen MR) is 142 cm³/mol. The summed E-state index contributed by atoms with van der Waals surface area (Å²) in [5.41, 5.74) is 6.73. The Balaban J connectivity index is 1.28. The summed E-state index contributed by atoms with van der Waals surface area (Å²) in [4.78, 5) is 24.5. The molecule has 0 heterocycles. The van der Waals surface area contributed by atoms with Crippen molar-refractivity contribution in [3.63, 3.8) is 0 Å². The number of rotatable bonds is 9. The van der Waals surface area contributed by atoms with E-state index in [1.54, 1.807) is 30.3 Å². The average molecular weight is 495 g/mol. The number of hydrogen-bond acceptors (Lipinski definition) is 6. The SMILES string of the molecule is COc1cc(/C=N\NC(=O)COc2ccc(-c3ccccc3)cc2)ccc1OC(=O)c1ccc(C)cc1. The maximum atomic E-state index is 12.4. The molecule has 0 bridgehead atoms. The third-order valence-corrected chi connectivity index (χ3v) is 5.41. The largest absolute Gasteiger partial charge is 0.493 e. The molecule has 0 radical (unpaired) electrons. The van der Waals surface area contributed by atoms with Crippen LogP contribution in [-0.4, -0.2) is 31.8 Å². The second kappa shape index (κ2) is 12.2. The van der Waals surface area contributed by atoms with Gasteiger partial charge < -0.3 is 14.2 Å². The Kier molecular flexibility index (Phi) is 8.29. The molecule has 0 aliphatic carbocycles. The zero-order valence-electron chi connectivity index (χ0n) is 20.5. The summed E-state index contributed by atoms with van der Waals surface area (Å²) in [5.74, 6) is 0.332. The van der Waals surface area contributed by atoms with Crippen molar-refractivity contribution in [2.24, 2.45) is 5.10 Å². The number of benzene rings is 4. The lowest BCUT2D eigenvalue weighted by molar-refractivity contribution is -0.123. The topological polar surface area (TPSA) is 86.2 Å². The first-order valence-corrected chi connectivity index (χ1v) is 11.6. The fraction of sp³-hybridized carbons (Fsp3) is 0.100. The molecule has 4 rings (SSSR count). The molecule has 37 heavy (non-hydrogen) atoms. The Bertz CT molecular complexity index is 1380. The van der Waals surface area contributed by atoms with E-state index >= 15 is 0 Å². The van der Waals surface area contributed by atoms with Crippen LogP contribution in [0.3, 0.4) is 0 Å². The van der Waals surface area contributed by atoms with Gasteiger partial charge in [0.25, 0.3) is 5.91 Å². The van der Waals surface area contributed by atoms with Crippen molar-refractivity contribution >= 4 is 18.1 Å². The Morgan fingerprint density at radius 3 is 2.24 bits per heavy atom. The van der Waals surface area contributed by atoms with E-state index in [1.807, 2.05) is 73.7 Å². The van der Waals surface area contributed by atoms with Crippen molar-refractivity contribution in [1.82, 2.24) is 5.43 Å². The van der Waals surface area contributed by atoms with Crippen LogP contribution >= 0.6 is 0 Å². The molecular weight excluding hydrogens is 468 g/mol. The number of methoxy groups -OCH3 is 1. The zero-order chi connectivity index (χ0) is 26.0. The van der Waals surface area contributed by atoms with Crippen LogP contribution in [0.1, 0.15) is 21.5 Å². The molecule has 7 nitrogen and oxygen atoms in total. The highest BCUT2D eigenvalue weighted by Gasteiger charge is 2.13. The van der Waals surface area contributed by atoms with E-state index in [4.69, 9.17) is 14.2 Å². The van der Waals surface area contributed by atoms with Gasteiger partial charge in [0.05, 0.1) is 18.9 Å². The van der Waals surface area contributed by atoms with Gasteiger partial charge in [-0.15, -0.1) is 0 Å². The minimum atomic E-state index is -0.485. The average Bonchev–Trinajstić information content (AvgIpc) is 2.93. The first-order chi connectivity index (χ1) is 18.0. The summed E-state index contributed by atoms with van der Waals surface area (Å²) in [6.45, 7) is 1.76. The molecule has 0 fully saturated rings. The second-order valence-corrected chi connectivity index (χ2v) is 8.14. The number of esters is 1. The number of nitrogens with zero attached hydrogens (tertiary/aromatic N) is 1. The quantitative estimate of drug-likeness (QED) is 0.145. The molecule has 1 amide bonds. The molecule has 0 saturated carbocycles. The lowest BCUT2D eigenvalue weighted by atomic mass is 10.1. The number of aryl methyl sites for hydroxylation is 1. The van der Waals surface area contributed by atoms with Crippen LogP contribution in [0.25, 0.3) is 11.1 Å². The number of hydrogen-bond donors (Lipinski definition) is 1. The van der Waals surface area contributed by atoms with Crippen molar-refractivity contribution in [1.29, 1.82) is 0 Å². The molecule has 4 aromatic carbocycles. The molecule has 7 heteroatoms. The fourth-order valence-corrected chi connectivity index (χ4v) is 3.43. The van der Waals surface area contributed by atoms with E-state index in [1.165, 1.54) is 13.3 Å². The molecule has 0 spiro atoms. The van der Waals surface area contributed by atoms with Crippen LogP contribution in [-0.2, 0) is 4.79 Å². The number of ether oxygens (including phenoxy) is 3. The number of carbonyl (C=O) groups is 2. The molecule has 0 aromatic heterocycles. The summed E-state index contributed by atoms with van der Waals surface area (Å²) >= 11 is 0. The Labute approximate surface area is 215 Å². The maximum absolute atomic E-state index is 12.4. The van der Waals surface area contributed by atoms with Gasteiger partial charge in [0.2, 0.25) is 0 Å². The number of nitrogens with one attached hydrogen (secondary N) is 1. The Hall–Kier alpha value is -4.91. The van der Waals surface area contributed by atoms with E-state index < -0.39 is 11.9 Å². The highest BCUT2D eigenvalue weighted by molar-refractivity contribution is 5.91. The second-order valence-electron chi connectivity index (χ2n) is 8.14. The van der Waals surface area contributed by atoms with Gasteiger partial charge in [-0.1, -0.05) is 60.2 Å². The molecule has 1 N–H and O–H groups in total. The van der Waals surface area contributed by atoms with Crippen LogP contribution in [0.4, 0.5) is 0 Å². The van der Waals surface area contributed by atoms with Gasteiger partial charge in [0.1, 0.15) is 5.75 Å². The summed E-state index contributed by atoms with van der Waals surface area (Å²) in [7, 11) is 1.48. The minimum Gasteiger partial charge on any atom is -0.493 e. The van der Waals surface area contributed by atoms with Gasteiger partial charge in [-0.05, 0) is 66.1 Å². The Morgan fingerprint density at radius 2 is 1.54 bits per heavy atom. The number of amides is 1. The van der Waals surface area contributed by atoms with Crippen LogP contribution < -0.4 is 19.6 Å². The van der Waals surface area contributed by atoms with Crippen molar-refractivity contribution in [2.75, 3.05) is 13.7 Å². The highest BCUT2D eigenvalue weighted by atomic mass is 16.6. The molecule has 0 saturated heterocycles. The maximum Gasteiger partial charge on any atom is 0.343 e. The third-order valence-electron chi connectivity index (χ3n) is 5.41. The monoisotopic (exact) mass is 494 g/mol. The van der Waals surface area contributed by atoms with Crippen LogP contribution in [0.5, 0.6) is 17.2 Å². The van der Waals surface area contributed by atoms with Crippen molar-refractivity contribution in [3.05, 3.63) is 114 Å². The van der Waals surface area contributed by atoms with Crippen molar-refractivity contribution in [2.45, 2.75) is 6.92 Å². The summed E-state index contributed by atoms with van der Waals surface area (Å²) < 4.78 is 16.4. The molecule has 186 valence electrons.